The number of allylic oxidation sites excluding steroid dienone is 1. The molecule has 0 aliphatic heterocycles. The topological polar surface area (TPSA) is 78.0 Å². The van der Waals surface area contributed by atoms with Crippen LogP contribution in [0.4, 0.5) is 0 Å². The number of hydrogen-bond donors (Lipinski definition) is 0. The van der Waals surface area contributed by atoms with E-state index in [-0.39, 0.29) is 17.1 Å². The van der Waals surface area contributed by atoms with E-state index in [1.165, 1.54) is 11.3 Å². The maximum atomic E-state index is 12.9. The van der Waals surface area contributed by atoms with E-state index in [1.807, 2.05) is 41.9 Å². The number of ketones is 2. The van der Waals surface area contributed by atoms with Crippen molar-refractivity contribution in [2.75, 3.05) is 0 Å². The first-order chi connectivity index (χ1) is 14.6. The second kappa shape index (κ2) is 6.08. The molecular weight excluding hydrogens is 398 g/mol. The van der Waals surface area contributed by atoms with E-state index in [0.717, 1.165) is 15.6 Å². The van der Waals surface area contributed by atoms with Crippen molar-refractivity contribution >= 4 is 50.2 Å². The highest BCUT2D eigenvalue weighted by Gasteiger charge is 2.33. The molecule has 7 heteroatoms. The zero-order valence-corrected chi connectivity index (χ0v) is 16.6. The number of carbonyl (C=O) groups excluding carboxylic acids is 2. The van der Waals surface area contributed by atoms with Gasteiger partial charge in [-0.3, -0.25) is 9.59 Å². The molecule has 0 radical (unpaired) electrons. The number of nitrogens with zero attached hydrogens (tertiary/aromatic N) is 3. The Morgan fingerprint density at radius 3 is 2.27 bits per heavy atom. The third-order valence-corrected chi connectivity index (χ3v) is 6.21. The molecule has 144 valence electrons. The van der Waals surface area contributed by atoms with Gasteiger partial charge in [0.15, 0.2) is 33.6 Å². The molecule has 3 heterocycles. The second-order valence-electron chi connectivity index (χ2n) is 7.11. The molecule has 0 N–H and O–H groups in total. The van der Waals surface area contributed by atoms with Crippen LogP contribution in [0.25, 0.3) is 38.9 Å². The molecule has 0 atom stereocenters. The summed E-state index contributed by atoms with van der Waals surface area (Å²) in [4.78, 5) is 35.8. The molecular formula is C23H13N3O3S. The summed E-state index contributed by atoms with van der Waals surface area (Å²) in [6.45, 7) is 0. The maximum absolute atomic E-state index is 12.9. The van der Waals surface area contributed by atoms with Crippen molar-refractivity contribution in [3.8, 4) is 11.6 Å². The van der Waals surface area contributed by atoms with Crippen molar-refractivity contribution < 1.29 is 14.0 Å². The Kier molecular flexibility index (Phi) is 3.45. The van der Waals surface area contributed by atoms with Crippen molar-refractivity contribution in [3.63, 3.8) is 0 Å². The SMILES string of the molecule is Cn1c(-c2ccco2)nc2sc(C=C3C(=O)c4cc5ccccc5cc4C3=O)nc21. The molecule has 3 aromatic heterocycles. The van der Waals surface area contributed by atoms with Crippen LogP contribution in [-0.4, -0.2) is 26.1 Å². The first-order valence-corrected chi connectivity index (χ1v) is 10.1. The van der Waals surface area contributed by atoms with E-state index in [0.29, 0.717) is 33.4 Å². The summed E-state index contributed by atoms with van der Waals surface area (Å²) >= 11 is 1.34. The number of fused-ring (bicyclic) bond motifs is 3. The molecule has 0 spiro atoms. The minimum atomic E-state index is -0.260. The average molecular weight is 411 g/mol. The van der Waals surface area contributed by atoms with Crippen LogP contribution in [0.2, 0.25) is 0 Å². The zero-order chi connectivity index (χ0) is 20.4. The number of thiazole rings is 1. The fourth-order valence-corrected chi connectivity index (χ4v) is 4.75. The molecule has 5 aromatic rings. The predicted molar refractivity (Wildman–Crippen MR) is 115 cm³/mol. The van der Waals surface area contributed by atoms with Gasteiger partial charge in [-0.05, 0) is 41.1 Å². The minimum Gasteiger partial charge on any atom is -0.461 e. The smallest absolute Gasteiger partial charge is 0.197 e. The number of carbonyl (C=O) groups is 2. The normalized spacial score (nSPS) is 13.6. The maximum Gasteiger partial charge on any atom is 0.197 e. The molecule has 2 aromatic carbocycles. The van der Waals surface area contributed by atoms with Crippen LogP contribution in [0.1, 0.15) is 25.7 Å². The van der Waals surface area contributed by atoms with Gasteiger partial charge in [-0.15, -0.1) is 0 Å². The number of imidazole rings is 1. The quantitative estimate of drug-likeness (QED) is 0.305. The molecule has 0 saturated carbocycles. The number of aromatic nitrogens is 3. The summed E-state index contributed by atoms with van der Waals surface area (Å²) in [6, 6.07) is 14.9. The van der Waals surface area contributed by atoms with Gasteiger partial charge in [0, 0.05) is 18.2 Å². The Bertz CT molecular complexity index is 1480. The lowest BCUT2D eigenvalue weighted by Crippen LogP contribution is -2.00. The van der Waals surface area contributed by atoms with Crippen LogP contribution < -0.4 is 0 Å². The van der Waals surface area contributed by atoms with Crippen molar-refractivity contribution in [2.45, 2.75) is 0 Å². The monoisotopic (exact) mass is 411 g/mol. The molecule has 0 unspecified atom stereocenters. The van der Waals surface area contributed by atoms with Crippen LogP contribution in [0.15, 0.2) is 64.8 Å². The summed E-state index contributed by atoms with van der Waals surface area (Å²) in [6.07, 6.45) is 3.17. The number of benzene rings is 2. The number of Topliss-reactive ketones (excluding diaryl/α,β-unsaturated/α-hetero) is 2. The first kappa shape index (κ1) is 17.1. The number of furan rings is 1. The Labute approximate surface area is 174 Å². The second-order valence-corrected chi connectivity index (χ2v) is 8.12. The molecule has 6 rings (SSSR count). The van der Waals surface area contributed by atoms with E-state index in [1.54, 1.807) is 30.5 Å². The summed E-state index contributed by atoms with van der Waals surface area (Å²) in [5.74, 6) is 0.819. The van der Waals surface area contributed by atoms with Crippen molar-refractivity contribution in [1.29, 1.82) is 0 Å². The largest absolute Gasteiger partial charge is 0.461 e. The van der Waals surface area contributed by atoms with E-state index < -0.39 is 0 Å². The van der Waals surface area contributed by atoms with Gasteiger partial charge in [0.05, 0.1) is 11.8 Å². The van der Waals surface area contributed by atoms with E-state index in [9.17, 15) is 9.59 Å². The van der Waals surface area contributed by atoms with E-state index in [2.05, 4.69) is 9.97 Å². The van der Waals surface area contributed by atoms with Crippen molar-refractivity contribution in [1.82, 2.24) is 14.5 Å². The highest BCUT2D eigenvalue weighted by Crippen LogP contribution is 2.33. The molecule has 0 saturated heterocycles. The highest BCUT2D eigenvalue weighted by atomic mass is 32.1. The lowest BCUT2D eigenvalue weighted by atomic mass is 10.0. The minimum absolute atomic E-state index is 0.144. The standard InChI is InChI=1S/C23H13N3O3S/c1-26-21(17-7-4-8-29-17)25-23-22(26)24-18(30-23)11-16-19(27)14-9-12-5-2-3-6-13(12)10-15(14)20(16)28/h2-11H,1H3. The summed E-state index contributed by atoms with van der Waals surface area (Å²) in [5.41, 5.74) is 1.72. The third-order valence-electron chi connectivity index (χ3n) is 5.33. The molecule has 1 aliphatic carbocycles. The number of aryl methyl sites for hydroxylation is 1. The predicted octanol–water partition coefficient (Wildman–Crippen LogP) is 4.91. The van der Waals surface area contributed by atoms with Gasteiger partial charge in [0.1, 0.15) is 5.01 Å². The third kappa shape index (κ3) is 2.36. The zero-order valence-electron chi connectivity index (χ0n) is 15.7. The van der Waals surface area contributed by atoms with Gasteiger partial charge in [-0.2, -0.15) is 0 Å². The molecule has 1 aliphatic rings. The van der Waals surface area contributed by atoms with Gasteiger partial charge in [0.2, 0.25) is 0 Å². The summed E-state index contributed by atoms with van der Waals surface area (Å²) in [7, 11) is 1.86. The van der Waals surface area contributed by atoms with Gasteiger partial charge >= 0.3 is 0 Å². The van der Waals surface area contributed by atoms with Crippen molar-refractivity contribution in [2.24, 2.45) is 7.05 Å². The fourth-order valence-electron chi connectivity index (χ4n) is 3.83. The van der Waals surface area contributed by atoms with Crippen molar-refractivity contribution in [3.05, 3.63) is 76.5 Å². The summed E-state index contributed by atoms with van der Waals surface area (Å²) < 4.78 is 7.27. The number of rotatable bonds is 2. The molecule has 30 heavy (non-hydrogen) atoms. The van der Waals surface area contributed by atoms with Gasteiger partial charge < -0.3 is 8.98 Å². The van der Waals surface area contributed by atoms with Crippen LogP contribution in [0.3, 0.4) is 0 Å². The van der Waals surface area contributed by atoms with Gasteiger partial charge in [-0.25, -0.2) is 9.97 Å². The lowest BCUT2D eigenvalue weighted by molar-refractivity contribution is 0.0990. The molecule has 0 bridgehead atoms. The molecule has 0 fully saturated rings. The number of hydrogen-bond acceptors (Lipinski definition) is 6. The first-order valence-electron chi connectivity index (χ1n) is 9.31. The van der Waals surface area contributed by atoms with E-state index >= 15 is 0 Å². The lowest BCUT2D eigenvalue weighted by Gasteiger charge is -2.00. The molecule has 6 nitrogen and oxygen atoms in total. The summed E-state index contributed by atoms with van der Waals surface area (Å²) in [5, 5.41) is 2.45. The fraction of sp³-hybridized carbons (Fsp3) is 0.0435. The van der Waals surface area contributed by atoms with Crippen LogP contribution >= 0.6 is 11.3 Å². The average Bonchev–Trinajstić information content (AvgIpc) is 3.51. The Hall–Kier alpha value is -3.84. The van der Waals surface area contributed by atoms with Gasteiger partial charge in [0.25, 0.3) is 0 Å². The Morgan fingerprint density at radius 2 is 1.67 bits per heavy atom. The van der Waals surface area contributed by atoms with Crippen LogP contribution in [-0.2, 0) is 7.05 Å². The molecule has 0 amide bonds. The van der Waals surface area contributed by atoms with Crippen LogP contribution in [0, 0.1) is 0 Å². The highest BCUT2D eigenvalue weighted by molar-refractivity contribution is 7.19. The Balaban J connectivity index is 1.43. The Morgan fingerprint density at radius 1 is 0.967 bits per heavy atom. The van der Waals surface area contributed by atoms with E-state index in [4.69, 9.17) is 4.42 Å². The van der Waals surface area contributed by atoms with Gasteiger partial charge in [-0.1, -0.05) is 35.6 Å². The van der Waals surface area contributed by atoms with Crippen LogP contribution in [0.5, 0.6) is 0 Å².